The lowest BCUT2D eigenvalue weighted by Gasteiger charge is -2.12. The molecule has 32 heavy (non-hydrogen) atoms. The molecule has 0 spiro atoms. The van der Waals surface area contributed by atoms with Gasteiger partial charge in [0, 0.05) is 36.1 Å². The quantitative estimate of drug-likeness (QED) is 0.355. The normalized spacial score (nSPS) is 11.7. The van der Waals surface area contributed by atoms with Gasteiger partial charge in [-0.2, -0.15) is 0 Å². The van der Waals surface area contributed by atoms with Crippen LogP contribution < -0.4 is 16.0 Å². The van der Waals surface area contributed by atoms with Crippen molar-refractivity contribution in [2.24, 2.45) is 4.99 Å². The molecule has 0 saturated carbocycles. The zero-order valence-corrected chi connectivity index (χ0v) is 19.4. The summed E-state index contributed by atoms with van der Waals surface area (Å²) < 4.78 is 5.99. The number of rotatable bonds is 9. The highest BCUT2D eigenvalue weighted by molar-refractivity contribution is 5.94. The molecule has 3 rings (SSSR count). The van der Waals surface area contributed by atoms with Gasteiger partial charge in [0.15, 0.2) is 5.96 Å². The van der Waals surface area contributed by atoms with Gasteiger partial charge in [-0.1, -0.05) is 30.3 Å². The van der Waals surface area contributed by atoms with Gasteiger partial charge in [-0.3, -0.25) is 4.79 Å². The van der Waals surface area contributed by atoms with Gasteiger partial charge >= 0.3 is 0 Å². The van der Waals surface area contributed by atoms with Crippen LogP contribution in [0, 0.1) is 6.92 Å². The van der Waals surface area contributed by atoms with E-state index in [9.17, 15) is 4.79 Å². The minimum absolute atomic E-state index is 0.0666. The number of aryl methyl sites for hydroxylation is 1. The Balaban J connectivity index is 1.63. The van der Waals surface area contributed by atoms with Gasteiger partial charge in [-0.25, -0.2) is 4.99 Å². The first kappa shape index (κ1) is 23.3. The van der Waals surface area contributed by atoms with Gasteiger partial charge in [0.2, 0.25) is 0 Å². The number of hydrogen-bond acceptors (Lipinski definition) is 4. The molecule has 0 saturated heterocycles. The third-order valence-corrected chi connectivity index (χ3v) is 5.16. The first-order valence-corrected chi connectivity index (χ1v) is 11.0. The highest BCUT2D eigenvalue weighted by Crippen LogP contribution is 2.24. The van der Waals surface area contributed by atoms with Crippen LogP contribution in [-0.2, 0) is 13.1 Å². The van der Waals surface area contributed by atoms with Crippen molar-refractivity contribution in [2.45, 2.75) is 26.9 Å². The molecule has 0 aliphatic rings. The predicted octanol–water partition coefficient (Wildman–Crippen LogP) is 3.29. The molecule has 3 aromatic rings. The molecule has 0 fully saturated rings. The largest absolute Gasteiger partial charge is 0.459 e. The summed E-state index contributed by atoms with van der Waals surface area (Å²) in [5.74, 6) is 1.53. The summed E-state index contributed by atoms with van der Waals surface area (Å²) in [6, 6.07) is 15.6. The van der Waals surface area contributed by atoms with Gasteiger partial charge in [0.1, 0.15) is 11.3 Å². The molecule has 7 heteroatoms. The van der Waals surface area contributed by atoms with Gasteiger partial charge < -0.3 is 25.3 Å². The molecule has 1 amide bonds. The molecule has 170 valence electrons. The van der Waals surface area contributed by atoms with Crippen molar-refractivity contribution in [3.8, 4) is 0 Å². The second kappa shape index (κ2) is 11.3. The van der Waals surface area contributed by atoms with Crippen molar-refractivity contribution in [3.05, 3.63) is 71.0 Å². The van der Waals surface area contributed by atoms with Crippen LogP contribution in [0.4, 0.5) is 0 Å². The van der Waals surface area contributed by atoms with Crippen molar-refractivity contribution >= 4 is 22.8 Å². The molecular formula is C25H33N5O2. The number of fused-ring (bicyclic) bond motifs is 1. The molecule has 3 N–H and O–H groups in total. The van der Waals surface area contributed by atoms with Crippen molar-refractivity contribution < 1.29 is 9.21 Å². The number of guanidine groups is 1. The predicted molar refractivity (Wildman–Crippen MR) is 130 cm³/mol. The van der Waals surface area contributed by atoms with Crippen molar-refractivity contribution in [1.29, 1.82) is 0 Å². The van der Waals surface area contributed by atoms with Gasteiger partial charge in [-0.05, 0) is 51.7 Å². The topological polar surface area (TPSA) is 81.9 Å². The second-order valence-electron chi connectivity index (χ2n) is 7.95. The Morgan fingerprint density at radius 3 is 2.62 bits per heavy atom. The van der Waals surface area contributed by atoms with E-state index in [0.717, 1.165) is 40.9 Å². The van der Waals surface area contributed by atoms with E-state index in [2.05, 4.69) is 33.9 Å². The van der Waals surface area contributed by atoms with E-state index >= 15 is 0 Å². The zero-order valence-electron chi connectivity index (χ0n) is 19.4. The second-order valence-corrected chi connectivity index (χ2v) is 7.95. The van der Waals surface area contributed by atoms with E-state index in [1.165, 1.54) is 0 Å². The average Bonchev–Trinajstić information content (AvgIpc) is 3.11. The van der Waals surface area contributed by atoms with Crippen LogP contribution in [0.3, 0.4) is 0 Å². The molecule has 0 aliphatic carbocycles. The Morgan fingerprint density at radius 1 is 1.06 bits per heavy atom. The number of amides is 1. The first-order valence-electron chi connectivity index (χ1n) is 11.0. The summed E-state index contributed by atoms with van der Waals surface area (Å²) in [6.07, 6.45) is 0. The van der Waals surface area contributed by atoms with E-state index in [4.69, 9.17) is 4.42 Å². The monoisotopic (exact) mass is 435 g/mol. The van der Waals surface area contributed by atoms with Crippen molar-refractivity contribution in [1.82, 2.24) is 20.9 Å². The van der Waals surface area contributed by atoms with Crippen LogP contribution in [0.25, 0.3) is 11.0 Å². The highest BCUT2D eigenvalue weighted by Gasteiger charge is 2.10. The van der Waals surface area contributed by atoms with Crippen molar-refractivity contribution in [2.75, 3.05) is 33.7 Å². The Morgan fingerprint density at radius 2 is 1.88 bits per heavy atom. The Kier molecular flexibility index (Phi) is 8.27. The first-order chi connectivity index (χ1) is 15.5. The van der Waals surface area contributed by atoms with Crippen LogP contribution >= 0.6 is 0 Å². The van der Waals surface area contributed by atoms with Crippen LogP contribution in [-0.4, -0.2) is 50.5 Å². The SMILES string of the molecule is CCNC(=NCc1cccc(C(=O)NCCN(C)C)c1)NCc1oc2ccccc2c1C. The van der Waals surface area contributed by atoms with Gasteiger partial charge in [0.05, 0.1) is 13.1 Å². The molecule has 1 heterocycles. The van der Waals surface area contributed by atoms with E-state index in [0.29, 0.717) is 31.2 Å². The average molecular weight is 436 g/mol. The number of nitrogens with zero attached hydrogens (tertiary/aromatic N) is 2. The minimum atomic E-state index is -0.0666. The molecule has 0 atom stereocenters. The maximum absolute atomic E-state index is 12.4. The van der Waals surface area contributed by atoms with E-state index < -0.39 is 0 Å². The van der Waals surface area contributed by atoms with Crippen LogP contribution in [0.5, 0.6) is 0 Å². The number of carbonyl (C=O) groups is 1. The number of aliphatic imine (C=N–C) groups is 1. The molecule has 0 aliphatic heterocycles. The molecule has 7 nitrogen and oxygen atoms in total. The number of hydrogen-bond donors (Lipinski definition) is 3. The third kappa shape index (κ3) is 6.34. The summed E-state index contributed by atoms with van der Waals surface area (Å²) in [5.41, 5.74) is 3.65. The van der Waals surface area contributed by atoms with E-state index in [1.807, 2.05) is 68.4 Å². The molecule has 0 unspecified atom stereocenters. The van der Waals surface area contributed by atoms with Crippen LogP contribution in [0.1, 0.15) is 34.2 Å². The van der Waals surface area contributed by atoms with E-state index in [-0.39, 0.29) is 5.91 Å². The fraction of sp³-hybridized carbons (Fsp3) is 0.360. The lowest BCUT2D eigenvalue weighted by atomic mass is 10.1. The molecule has 0 radical (unpaired) electrons. The van der Waals surface area contributed by atoms with Crippen molar-refractivity contribution in [3.63, 3.8) is 0 Å². The van der Waals surface area contributed by atoms with Gasteiger partial charge in [0.25, 0.3) is 5.91 Å². The third-order valence-electron chi connectivity index (χ3n) is 5.16. The summed E-state index contributed by atoms with van der Waals surface area (Å²) in [6.45, 7) is 7.28. The van der Waals surface area contributed by atoms with Crippen LogP contribution in [0.2, 0.25) is 0 Å². The highest BCUT2D eigenvalue weighted by atomic mass is 16.3. The Hall–Kier alpha value is -3.32. The summed E-state index contributed by atoms with van der Waals surface area (Å²) in [7, 11) is 3.96. The Bertz CT molecular complexity index is 1070. The summed E-state index contributed by atoms with van der Waals surface area (Å²) in [4.78, 5) is 19.1. The number of nitrogens with one attached hydrogen (secondary N) is 3. The number of furan rings is 1. The van der Waals surface area contributed by atoms with Gasteiger partial charge in [-0.15, -0.1) is 0 Å². The molecule has 1 aromatic heterocycles. The molecule has 2 aromatic carbocycles. The van der Waals surface area contributed by atoms with Crippen LogP contribution in [0.15, 0.2) is 57.9 Å². The Labute approximate surface area is 189 Å². The number of likely N-dealkylation sites (N-methyl/N-ethyl adjacent to an activating group) is 1. The fourth-order valence-corrected chi connectivity index (χ4v) is 3.38. The molecule has 0 bridgehead atoms. The zero-order chi connectivity index (χ0) is 22.9. The maximum Gasteiger partial charge on any atom is 0.251 e. The summed E-state index contributed by atoms with van der Waals surface area (Å²) in [5, 5.41) is 10.7. The number of benzene rings is 2. The lowest BCUT2D eigenvalue weighted by Crippen LogP contribution is -2.36. The lowest BCUT2D eigenvalue weighted by molar-refractivity contribution is 0.0951. The minimum Gasteiger partial charge on any atom is -0.459 e. The smallest absolute Gasteiger partial charge is 0.251 e. The summed E-state index contributed by atoms with van der Waals surface area (Å²) >= 11 is 0. The number of carbonyl (C=O) groups excluding carboxylic acids is 1. The molecular weight excluding hydrogens is 402 g/mol. The number of para-hydroxylation sites is 1. The maximum atomic E-state index is 12.4. The van der Waals surface area contributed by atoms with E-state index in [1.54, 1.807) is 0 Å². The fourth-order valence-electron chi connectivity index (χ4n) is 3.38. The standard InChI is InChI=1S/C25H33N5O2/c1-5-26-25(29-17-23-18(2)21-11-6-7-12-22(21)32-23)28-16-19-9-8-10-20(15-19)24(31)27-13-14-30(3)4/h6-12,15H,5,13-14,16-17H2,1-4H3,(H,27,31)(H2,26,28,29).